The molecule has 0 radical (unpaired) electrons. The summed E-state index contributed by atoms with van der Waals surface area (Å²) in [5.41, 5.74) is 9.56. The highest BCUT2D eigenvalue weighted by molar-refractivity contribution is 7.13. The molecule has 0 fully saturated rings. The van der Waals surface area contributed by atoms with Gasteiger partial charge in [0.25, 0.3) is 0 Å². The molecule has 5 rings (SSSR count). The normalized spacial score (nSPS) is 15.3. The molecular formula is C30H28N2Si. The fourth-order valence-corrected chi connectivity index (χ4v) is 8.53. The molecule has 3 heteroatoms. The second-order valence-corrected chi connectivity index (χ2v) is 13.5. The average Bonchev–Trinajstić information content (AvgIpc) is 3.08. The minimum Gasteiger partial charge on any atom is -0.257 e. The van der Waals surface area contributed by atoms with Crippen LogP contribution in [0.5, 0.6) is 0 Å². The van der Waals surface area contributed by atoms with E-state index in [0.29, 0.717) is 0 Å². The molecule has 0 bridgehead atoms. The van der Waals surface area contributed by atoms with Crippen molar-refractivity contribution in [3.05, 3.63) is 131 Å². The number of benzene rings is 2. The van der Waals surface area contributed by atoms with E-state index in [1.54, 1.807) is 0 Å². The smallest absolute Gasteiger partial charge is 0.119 e. The molecule has 0 spiro atoms. The van der Waals surface area contributed by atoms with E-state index < -0.39 is 8.07 Å². The molecule has 162 valence electrons. The highest BCUT2D eigenvalue weighted by Gasteiger charge is 2.44. The number of nitrogens with zero attached hydrogens (tertiary/aromatic N) is 2. The molecule has 1 aliphatic rings. The standard InChI is InChI=1S/C30H28N2Si/c1-21-15-17-25(31-19-21)29-27(23-11-7-5-8-12-23)28(24-13-9-6-10-14-24)30(33(29,3)4)26-18-16-22(2)20-32-26/h5-20H,1-4H3. The molecule has 2 nitrogen and oxygen atoms in total. The van der Waals surface area contributed by atoms with E-state index >= 15 is 0 Å². The third kappa shape index (κ3) is 3.79. The van der Waals surface area contributed by atoms with Crippen molar-refractivity contribution in [2.75, 3.05) is 0 Å². The summed E-state index contributed by atoms with van der Waals surface area (Å²) >= 11 is 0. The summed E-state index contributed by atoms with van der Waals surface area (Å²) in [6.07, 6.45) is 3.97. The topological polar surface area (TPSA) is 25.8 Å². The third-order valence-electron chi connectivity index (χ3n) is 6.46. The van der Waals surface area contributed by atoms with Crippen LogP contribution >= 0.6 is 0 Å². The number of aryl methyl sites for hydroxylation is 2. The van der Waals surface area contributed by atoms with Crippen LogP contribution in [0.25, 0.3) is 21.5 Å². The van der Waals surface area contributed by atoms with Gasteiger partial charge in [-0.2, -0.15) is 0 Å². The van der Waals surface area contributed by atoms with Crippen LogP contribution in [0.1, 0.15) is 33.6 Å². The number of allylic oxidation sites excluding steroid dienone is 2. The first kappa shape index (κ1) is 21.3. The fourth-order valence-electron chi connectivity index (χ4n) is 4.91. The molecule has 0 aliphatic carbocycles. The number of aromatic nitrogens is 2. The first-order chi connectivity index (χ1) is 16.0. The summed E-state index contributed by atoms with van der Waals surface area (Å²) < 4.78 is 0. The largest absolute Gasteiger partial charge is 0.257 e. The van der Waals surface area contributed by atoms with Crippen molar-refractivity contribution in [1.82, 2.24) is 9.97 Å². The van der Waals surface area contributed by atoms with E-state index in [9.17, 15) is 0 Å². The van der Waals surface area contributed by atoms with Crippen LogP contribution in [0.2, 0.25) is 13.1 Å². The molecule has 0 saturated carbocycles. The van der Waals surface area contributed by atoms with E-state index in [4.69, 9.17) is 9.97 Å². The Bertz CT molecular complexity index is 1240. The lowest BCUT2D eigenvalue weighted by atomic mass is 9.90. The molecular weight excluding hydrogens is 416 g/mol. The quantitative estimate of drug-likeness (QED) is 0.306. The van der Waals surface area contributed by atoms with Crippen LogP contribution in [-0.4, -0.2) is 18.0 Å². The van der Waals surface area contributed by atoms with Crippen molar-refractivity contribution in [3.63, 3.8) is 0 Å². The van der Waals surface area contributed by atoms with Gasteiger partial charge in [0.2, 0.25) is 0 Å². The maximum absolute atomic E-state index is 4.93. The highest BCUT2D eigenvalue weighted by Crippen LogP contribution is 2.54. The Hall–Kier alpha value is -3.56. The summed E-state index contributed by atoms with van der Waals surface area (Å²) in [6, 6.07) is 30.3. The summed E-state index contributed by atoms with van der Waals surface area (Å²) in [6.45, 7) is 9.07. The zero-order chi connectivity index (χ0) is 23.0. The van der Waals surface area contributed by atoms with Crippen molar-refractivity contribution in [1.29, 1.82) is 0 Å². The van der Waals surface area contributed by atoms with Gasteiger partial charge in [-0.15, -0.1) is 0 Å². The summed E-state index contributed by atoms with van der Waals surface area (Å²) in [5.74, 6) is 0. The van der Waals surface area contributed by atoms with Crippen LogP contribution in [-0.2, 0) is 0 Å². The van der Waals surface area contributed by atoms with Crippen LogP contribution in [0.4, 0.5) is 0 Å². The highest BCUT2D eigenvalue weighted by atomic mass is 28.3. The Morgan fingerprint density at radius 1 is 0.515 bits per heavy atom. The van der Waals surface area contributed by atoms with Gasteiger partial charge in [-0.25, -0.2) is 0 Å². The van der Waals surface area contributed by atoms with Crippen molar-refractivity contribution in [2.24, 2.45) is 0 Å². The number of rotatable bonds is 4. The van der Waals surface area contributed by atoms with E-state index in [-0.39, 0.29) is 0 Å². The minimum atomic E-state index is -2.17. The van der Waals surface area contributed by atoms with Gasteiger partial charge >= 0.3 is 0 Å². The Labute approximate surface area is 197 Å². The fraction of sp³-hybridized carbons (Fsp3) is 0.133. The summed E-state index contributed by atoms with van der Waals surface area (Å²) in [5, 5.41) is 2.76. The first-order valence-electron chi connectivity index (χ1n) is 11.4. The van der Waals surface area contributed by atoms with Gasteiger partial charge in [0, 0.05) is 12.4 Å². The zero-order valence-corrected chi connectivity index (χ0v) is 20.6. The molecule has 0 atom stereocenters. The monoisotopic (exact) mass is 444 g/mol. The molecule has 3 heterocycles. The third-order valence-corrected chi connectivity index (χ3v) is 9.97. The van der Waals surface area contributed by atoms with Gasteiger partial charge < -0.3 is 0 Å². The van der Waals surface area contributed by atoms with Gasteiger partial charge in [-0.3, -0.25) is 9.97 Å². The van der Waals surface area contributed by atoms with E-state index in [1.165, 1.54) is 43.8 Å². The van der Waals surface area contributed by atoms with Gasteiger partial charge in [0.05, 0.1) is 11.4 Å². The molecule has 0 unspecified atom stereocenters. The Kier molecular flexibility index (Phi) is 5.43. The van der Waals surface area contributed by atoms with Gasteiger partial charge in [0.1, 0.15) is 8.07 Å². The lowest BCUT2D eigenvalue weighted by Crippen LogP contribution is -2.29. The van der Waals surface area contributed by atoms with Gasteiger partial charge in [0.15, 0.2) is 0 Å². The minimum absolute atomic E-state index is 1.08. The van der Waals surface area contributed by atoms with Crippen LogP contribution in [0.3, 0.4) is 0 Å². The predicted octanol–water partition coefficient (Wildman–Crippen LogP) is 7.42. The van der Waals surface area contributed by atoms with Crippen molar-refractivity contribution in [2.45, 2.75) is 26.9 Å². The van der Waals surface area contributed by atoms with E-state index in [2.05, 4.69) is 112 Å². The Morgan fingerprint density at radius 3 is 1.24 bits per heavy atom. The van der Waals surface area contributed by atoms with Crippen molar-refractivity contribution < 1.29 is 0 Å². The number of pyridine rings is 2. The maximum Gasteiger partial charge on any atom is 0.119 e. The van der Waals surface area contributed by atoms with Gasteiger partial charge in [-0.05, 0) is 69.8 Å². The average molecular weight is 445 g/mol. The lowest BCUT2D eigenvalue weighted by Gasteiger charge is -2.25. The molecule has 0 N–H and O–H groups in total. The molecule has 2 aromatic carbocycles. The number of hydrogen-bond acceptors (Lipinski definition) is 2. The van der Waals surface area contributed by atoms with E-state index in [1.807, 2.05) is 12.4 Å². The second-order valence-electron chi connectivity index (χ2n) is 9.30. The van der Waals surface area contributed by atoms with Crippen LogP contribution < -0.4 is 0 Å². The van der Waals surface area contributed by atoms with Crippen molar-refractivity contribution in [3.8, 4) is 0 Å². The SMILES string of the molecule is Cc1ccc(C2=C(c3ccccc3)C(c3ccccc3)=C(c3ccc(C)cn3)[Si]2(C)C)nc1. The molecule has 4 aromatic rings. The Morgan fingerprint density at radius 2 is 0.909 bits per heavy atom. The molecule has 0 amide bonds. The second kappa shape index (κ2) is 8.42. The molecule has 33 heavy (non-hydrogen) atoms. The molecule has 2 aromatic heterocycles. The van der Waals surface area contributed by atoms with Crippen LogP contribution in [0, 0.1) is 13.8 Å². The lowest BCUT2D eigenvalue weighted by molar-refractivity contribution is 1.23. The van der Waals surface area contributed by atoms with Crippen molar-refractivity contribution >= 4 is 29.6 Å². The molecule has 0 saturated heterocycles. The first-order valence-corrected chi connectivity index (χ1v) is 14.4. The predicted molar refractivity (Wildman–Crippen MR) is 142 cm³/mol. The Balaban J connectivity index is 1.90. The summed E-state index contributed by atoms with van der Waals surface area (Å²) in [4.78, 5) is 9.86. The summed E-state index contributed by atoms with van der Waals surface area (Å²) in [7, 11) is -2.17. The zero-order valence-electron chi connectivity index (χ0n) is 19.6. The van der Waals surface area contributed by atoms with E-state index in [0.717, 1.165) is 11.4 Å². The molecule has 1 aliphatic heterocycles. The maximum atomic E-state index is 4.93. The van der Waals surface area contributed by atoms with Gasteiger partial charge in [-0.1, -0.05) is 85.9 Å². The van der Waals surface area contributed by atoms with Crippen LogP contribution in [0.15, 0.2) is 97.3 Å². The number of hydrogen-bond donors (Lipinski definition) is 0.